The maximum absolute atomic E-state index is 4.10. The minimum atomic E-state index is 0.862. The van der Waals surface area contributed by atoms with Crippen LogP contribution in [-0.4, -0.2) is 11.5 Å². The lowest BCUT2D eigenvalue weighted by atomic mass is 9.83. The van der Waals surface area contributed by atoms with E-state index in [2.05, 4.69) is 23.3 Å². The van der Waals surface area contributed by atoms with E-state index in [1.807, 2.05) is 18.5 Å². The Morgan fingerprint density at radius 2 is 2.13 bits per heavy atom. The van der Waals surface area contributed by atoms with Gasteiger partial charge in [-0.25, -0.2) is 0 Å². The highest BCUT2D eigenvalue weighted by Crippen LogP contribution is 2.28. The second-order valence-corrected chi connectivity index (χ2v) is 4.75. The molecule has 0 atom stereocenters. The summed E-state index contributed by atoms with van der Waals surface area (Å²) in [7, 11) is 0. The summed E-state index contributed by atoms with van der Waals surface area (Å²) in [4.78, 5) is 4.10. The minimum absolute atomic E-state index is 0.862. The van der Waals surface area contributed by atoms with Crippen molar-refractivity contribution in [2.24, 2.45) is 11.8 Å². The van der Waals surface area contributed by atoms with Crippen LogP contribution in [0.2, 0.25) is 0 Å². The van der Waals surface area contributed by atoms with Gasteiger partial charge in [0.2, 0.25) is 0 Å². The normalized spacial score (nSPS) is 26.2. The van der Waals surface area contributed by atoms with Crippen molar-refractivity contribution >= 4 is 5.69 Å². The van der Waals surface area contributed by atoms with Crippen molar-refractivity contribution in [2.75, 3.05) is 11.9 Å². The molecule has 1 aliphatic rings. The van der Waals surface area contributed by atoms with Crippen molar-refractivity contribution in [3.63, 3.8) is 0 Å². The Morgan fingerprint density at radius 1 is 1.33 bits per heavy atom. The van der Waals surface area contributed by atoms with Gasteiger partial charge in [0.1, 0.15) is 0 Å². The van der Waals surface area contributed by atoms with E-state index in [1.54, 1.807) is 0 Å². The first-order chi connectivity index (χ1) is 7.34. The zero-order valence-corrected chi connectivity index (χ0v) is 9.45. The molecule has 1 aliphatic carbocycles. The topological polar surface area (TPSA) is 24.9 Å². The van der Waals surface area contributed by atoms with Gasteiger partial charge in [-0.2, -0.15) is 0 Å². The van der Waals surface area contributed by atoms with Crippen LogP contribution in [0, 0.1) is 11.8 Å². The summed E-state index contributed by atoms with van der Waals surface area (Å²) in [6.45, 7) is 3.48. The van der Waals surface area contributed by atoms with E-state index in [-0.39, 0.29) is 0 Å². The molecular formula is C13H20N2. The first-order valence-corrected chi connectivity index (χ1v) is 5.98. The van der Waals surface area contributed by atoms with Crippen LogP contribution in [0.25, 0.3) is 0 Å². The molecule has 2 nitrogen and oxygen atoms in total. The first-order valence-electron chi connectivity index (χ1n) is 5.98. The molecule has 1 fully saturated rings. The van der Waals surface area contributed by atoms with E-state index in [0.29, 0.717) is 0 Å². The Bertz CT molecular complexity index is 276. The SMILES string of the molecule is CC1CCC(CNc2cccnc2)CC1. The summed E-state index contributed by atoms with van der Waals surface area (Å²) < 4.78 is 0. The van der Waals surface area contributed by atoms with Crippen LogP contribution in [0.15, 0.2) is 24.5 Å². The van der Waals surface area contributed by atoms with Gasteiger partial charge in [0.15, 0.2) is 0 Å². The van der Waals surface area contributed by atoms with Crippen molar-refractivity contribution in [1.29, 1.82) is 0 Å². The quantitative estimate of drug-likeness (QED) is 0.817. The standard InChI is InChI=1S/C13H20N2/c1-11-4-6-12(7-5-11)9-15-13-3-2-8-14-10-13/h2-3,8,10-12,15H,4-7,9H2,1H3. The molecule has 1 saturated carbocycles. The molecule has 2 rings (SSSR count). The van der Waals surface area contributed by atoms with Crippen LogP contribution in [0.3, 0.4) is 0 Å². The third kappa shape index (κ3) is 3.22. The Labute approximate surface area is 92.1 Å². The molecule has 0 radical (unpaired) electrons. The molecule has 82 valence electrons. The molecule has 1 N–H and O–H groups in total. The van der Waals surface area contributed by atoms with Crippen LogP contribution < -0.4 is 5.32 Å². The predicted octanol–water partition coefficient (Wildman–Crippen LogP) is 3.32. The number of pyridine rings is 1. The number of rotatable bonds is 3. The summed E-state index contributed by atoms with van der Waals surface area (Å²) in [5.41, 5.74) is 1.15. The van der Waals surface area contributed by atoms with Crippen LogP contribution in [-0.2, 0) is 0 Å². The molecule has 0 amide bonds. The van der Waals surface area contributed by atoms with Gasteiger partial charge < -0.3 is 5.32 Å². The Balaban J connectivity index is 1.74. The van der Waals surface area contributed by atoms with E-state index >= 15 is 0 Å². The van der Waals surface area contributed by atoms with E-state index in [9.17, 15) is 0 Å². The molecule has 1 aromatic rings. The molecule has 0 spiro atoms. The summed E-state index contributed by atoms with van der Waals surface area (Å²) >= 11 is 0. The molecule has 0 aliphatic heterocycles. The second-order valence-electron chi connectivity index (χ2n) is 4.75. The number of hydrogen-bond acceptors (Lipinski definition) is 2. The molecule has 0 saturated heterocycles. The highest BCUT2D eigenvalue weighted by atomic mass is 14.9. The van der Waals surface area contributed by atoms with Gasteiger partial charge >= 0.3 is 0 Å². The zero-order valence-electron chi connectivity index (χ0n) is 9.45. The van der Waals surface area contributed by atoms with Gasteiger partial charge in [-0.15, -0.1) is 0 Å². The van der Waals surface area contributed by atoms with E-state index in [1.165, 1.54) is 25.7 Å². The van der Waals surface area contributed by atoms with Crippen molar-refractivity contribution in [2.45, 2.75) is 32.6 Å². The van der Waals surface area contributed by atoms with Gasteiger partial charge in [-0.3, -0.25) is 4.98 Å². The van der Waals surface area contributed by atoms with Crippen LogP contribution in [0.5, 0.6) is 0 Å². The molecule has 1 heterocycles. The first kappa shape index (κ1) is 10.5. The smallest absolute Gasteiger partial charge is 0.0526 e. The third-order valence-corrected chi connectivity index (χ3v) is 3.39. The monoisotopic (exact) mass is 204 g/mol. The number of aromatic nitrogens is 1. The highest BCUT2D eigenvalue weighted by molar-refractivity contribution is 5.39. The molecule has 15 heavy (non-hydrogen) atoms. The lowest BCUT2D eigenvalue weighted by Gasteiger charge is -2.26. The fourth-order valence-electron chi connectivity index (χ4n) is 2.26. The number of nitrogens with one attached hydrogen (secondary N) is 1. The predicted molar refractivity (Wildman–Crippen MR) is 63.8 cm³/mol. The molecular weight excluding hydrogens is 184 g/mol. The van der Waals surface area contributed by atoms with Gasteiger partial charge in [0, 0.05) is 18.9 Å². The fraction of sp³-hybridized carbons (Fsp3) is 0.615. The Hall–Kier alpha value is -1.05. The summed E-state index contributed by atoms with van der Waals surface area (Å²) in [6, 6.07) is 4.06. The molecule has 0 bridgehead atoms. The van der Waals surface area contributed by atoms with E-state index in [0.717, 1.165) is 24.1 Å². The van der Waals surface area contributed by atoms with Crippen LogP contribution in [0.1, 0.15) is 32.6 Å². The van der Waals surface area contributed by atoms with E-state index in [4.69, 9.17) is 0 Å². The van der Waals surface area contributed by atoms with Gasteiger partial charge in [-0.1, -0.05) is 19.8 Å². The molecule has 0 unspecified atom stereocenters. The average Bonchev–Trinajstić information content (AvgIpc) is 2.30. The number of nitrogens with zero attached hydrogens (tertiary/aromatic N) is 1. The molecule has 0 aromatic carbocycles. The Morgan fingerprint density at radius 3 is 2.80 bits per heavy atom. The zero-order chi connectivity index (χ0) is 10.5. The minimum Gasteiger partial charge on any atom is -0.384 e. The van der Waals surface area contributed by atoms with Crippen molar-refractivity contribution < 1.29 is 0 Å². The molecule has 1 aromatic heterocycles. The van der Waals surface area contributed by atoms with Crippen LogP contribution >= 0.6 is 0 Å². The third-order valence-electron chi connectivity index (χ3n) is 3.39. The lowest BCUT2D eigenvalue weighted by molar-refractivity contribution is 0.300. The van der Waals surface area contributed by atoms with Crippen molar-refractivity contribution in [3.8, 4) is 0 Å². The van der Waals surface area contributed by atoms with Crippen molar-refractivity contribution in [3.05, 3.63) is 24.5 Å². The summed E-state index contributed by atoms with van der Waals surface area (Å²) in [6.07, 6.45) is 9.28. The second kappa shape index (κ2) is 5.15. The summed E-state index contributed by atoms with van der Waals surface area (Å²) in [5.74, 6) is 1.81. The maximum Gasteiger partial charge on any atom is 0.0526 e. The maximum atomic E-state index is 4.10. The summed E-state index contributed by atoms with van der Waals surface area (Å²) in [5, 5.41) is 3.47. The van der Waals surface area contributed by atoms with Gasteiger partial charge in [0.25, 0.3) is 0 Å². The number of hydrogen-bond donors (Lipinski definition) is 1. The Kier molecular flexibility index (Phi) is 3.59. The number of anilines is 1. The van der Waals surface area contributed by atoms with Crippen molar-refractivity contribution in [1.82, 2.24) is 4.98 Å². The molecule has 2 heteroatoms. The highest BCUT2D eigenvalue weighted by Gasteiger charge is 2.17. The lowest BCUT2D eigenvalue weighted by Crippen LogP contribution is -2.20. The average molecular weight is 204 g/mol. The van der Waals surface area contributed by atoms with Gasteiger partial charge in [-0.05, 0) is 36.8 Å². The largest absolute Gasteiger partial charge is 0.384 e. The fourth-order valence-corrected chi connectivity index (χ4v) is 2.26. The van der Waals surface area contributed by atoms with Crippen LogP contribution in [0.4, 0.5) is 5.69 Å². The van der Waals surface area contributed by atoms with Gasteiger partial charge in [0.05, 0.1) is 5.69 Å². The van der Waals surface area contributed by atoms with E-state index < -0.39 is 0 Å².